The number of piperidine rings is 1. The van der Waals surface area contributed by atoms with Crippen molar-refractivity contribution in [3.8, 4) is 0 Å². The first-order valence-corrected chi connectivity index (χ1v) is 10.8. The van der Waals surface area contributed by atoms with Crippen LogP contribution in [-0.4, -0.2) is 46.7 Å². The van der Waals surface area contributed by atoms with Gasteiger partial charge in [-0.25, -0.2) is 12.7 Å². The summed E-state index contributed by atoms with van der Waals surface area (Å²) in [4.78, 5) is 16.4. The highest BCUT2D eigenvalue weighted by molar-refractivity contribution is 7.89. The molecule has 1 aliphatic rings. The maximum atomic E-state index is 12.2. The number of hydrogen-bond donors (Lipinski definition) is 0. The van der Waals surface area contributed by atoms with Gasteiger partial charge in [-0.3, -0.25) is 9.78 Å². The van der Waals surface area contributed by atoms with Crippen molar-refractivity contribution in [2.75, 3.05) is 18.8 Å². The molecular weight excluding hydrogens is 350 g/mol. The van der Waals surface area contributed by atoms with Gasteiger partial charge >= 0.3 is 0 Å². The molecule has 0 saturated carbocycles. The number of aromatic nitrogens is 2. The van der Waals surface area contributed by atoms with Gasteiger partial charge in [-0.15, -0.1) is 0 Å². The smallest absolute Gasteiger partial charge is 0.213 e. The number of carbonyl (C=O) groups excluding carboxylic acids is 1. The van der Waals surface area contributed by atoms with Crippen molar-refractivity contribution in [2.45, 2.75) is 46.5 Å². The van der Waals surface area contributed by atoms with Gasteiger partial charge in [0.2, 0.25) is 10.0 Å². The van der Waals surface area contributed by atoms with Gasteiger partial charge in [-0.2, -0.15) is 0 Å². The van der Waals surface area contributed by atoms with E-state index in [9.17, 15) is 13.2 Å². The topological polar surface area (TPSA) is 71.8 Å². The Hall–Kier alpha value is -1.73. The van der Waals surface area contributed by atoms with E-state index in [-0.39, 0.29) is 17.5 Å². The molecule has 7 heteroatoms. The summed E-state index contributed by atoms with van der Waals surface area (Å²) >= 11 is 0. The second-order valence-electron chi connectivity index (χ2n) is 7.20. The van der Waals surface area contributed by atoms with E-state index in [4.69, 9.17) is 0 Å². The highest BCUT2D eigenvalue weighted by Crippen LogP contribution is 2.38. The summed E-state index contributed by atoms with van der Waals surface area (Å²) in [6.07, 6.45) is 7.04. The first-order valence-electron chi connectivity index (χ1n) is 9.21. The molecule has 1 unspecified atom stereocenters. The molecule has 1 fully saturated rings. The molecule has 1 aliphatic heterocycles. The molecule has 0 aromatic carbocycles. The van der Waals surface area contributed by atoms with E-state index in [0.717, 1.165) is 29.6 Å². The van der Waals surface area contributed by atoms with Crippen LogP contribution in [0.2, 0.25) is 0 Å². The average molecular weight is 378 g/mol. The average Bonchev–Trinajstić information content (AvgIpc) is 2.93. The standard InChI is InChI=1S/C19H27N3O3S/c1-5-26(24,25)21-9-6-16(7-10-21)13(2)18-14(3)19(15(4)23)22-11-8-20-12-17(18)22/h8,11-13,16H,5-7,9-10H2,1-4H3. The van der Waals surface area contributed by atoms with Gasteiger partial charge < -0.3 is 4.40 Å². The van der Waals surface area contributed by atoms with E-state index >= 15 is 0 Å². The third kappa shape index (κ3) is 3.18. The number of Topliss-reactive ketones (excluding diaryl/α,β-unsaturated/α-hetero) is 1. The van der Waals surface area contributed by atoms with Crippen molar-refractivity contribution in [1.82, 2.24) is 13.7 Å². The molecule has 6 nitrogen and oxygen atoms in total. The molecule has 0 N–H and O–H groups in total. The monoisotopic (exact) mass is 377 g/mol. The van der Waals surface area contributed by atoms with Crippen LogP contribution in [0.3, 0.4) is 0 Å². The maximum Gasteiger partial charge on any atom is 0.213 e. The quantitative estimate of drug-likeness (QED) is 0.751. The van der Waals surface area contributed by atoms with Crippen LogP contribution in [0.1, 0.15) is 61.1 Å². The van der Waals surface area contributed by atoms with Crippen LogP contribution in [0.25, 0.3) is 5.52 Å². The normalized spacial score (nSPS) is 18.3. The van der Waals surface area contributed by atoms with E-state index < -0.39 is 10.0 Å². The third-order valence-electron chi connectivity index (χ3n) is 5.79. The minimum Gasteiger partial charge on any atom is -0.310 e. The fraction of sp³-hybridized carbons (Fsp3) is 0.579. The molecule has 0 spiro atoms. The lowest BCUT2D eigenvalue weighted by Crippen LogP contribution is -2.40. The van der Waals surface area contributed by atoms with Crippen molar-refractivity contribution in [1.29, 1.82) is 0 Å². The number of sulfonamides is 1. The second-order valence-corrected chi connectivity index (χ2v) is 9.46. The molecule has 1 saturated heterocycles. The highest BCUT2D eigenvalue weighted by Gasteiger charge is 2.32. The Morgan fingerprint density at radius 3 is 2.58 bits per heavy atom. The Kier molecular flexibility index (Phi) is 5.21. The molecule has 0 aliphatic carbocycles. The Morgan fingerprint density at radius 1 is 1.35 bits per heavy atom. The fourth-order valence-corrected chi connectivity index (χ4v) is 5.47. The van der Waals surface area contributed by atoms with Crippen molar-refractivity contribution in [3.63, 3.8) is 0 Å². The molecule has 142 valence electrons. The van der Waals surface area contributed by atoms with E-state index in [1.807, 2.05) is 23.7 Å². The molecule has 26 heavy (non-hydrogen) atoms. The predicted octanol–water partition coefficient (Wildman–Crippen LogP) is 3.01. The summed E-state index contributed by atoms with van der Waals surface area (Å²) in [6, 6.07) is 0. The molecule has 2 aromatic rings. The summed E-state index contributed by atoms with van der Waals surface area (Å²) in [6.45, 7) is 8.64. The molecule has 2 aromatic heterocycles. The lowest BCUT2D eigenvalue weighted by atomic mass is 9.80. The largest absolute Gasteiger partial charge is 0.310 e. The Morgan fingerprint density at radius 2 is 2.00 bits per heavy atom. The van der Waals surface area contributed by atoms with E-state index in [1.165, 1.54) is 5.56 Å². The van der Waals surface area contributed by atoms with Crippen LogP contribution in [0.4, 0.5) is 0 Å². The van der Waals surface area contributed by atoms with Gasteiger partial charge in [-0.05, 0) is 49.7 Å². The molecular formula is C19H27N3O3S. The van der Waals surface area contributed by atoms with Gasteiger partial charge in [0.15, 0.2) is 5.78 Å². The van der Waals surface area contributed by atoms with Crippen molar-refractivity contribution < 1.29 is 13.2 Å². The summed E-state index contributed by atoms with van der Waals surface area (Å²) in [5.74, 6) is 0.840. The summed E-state index contributed by atoms with van der Waals surface area (Å²) in [7, 11) is -3.11. The lowest BCUT2D eigenvalue weighted by Gasteiger charge is -2.34. The van der Waals surface area contributed by atoms with Gasteiger partial charge in [-0.1, -0.05) is 6.92 Å². The number of fused-ring (bicyclic) bond motifs is 1. The van der Waals surface area contributed by atoms with Gasteiger partial charge in [0.1, 0.15) is 0 Å². The first kappa shape index (κ1) is 19.0. The van der Waals surface area contributed by atoms with Crippen LogP contribution < -0.4 is 0 Å². The van der Waals surface area contributed by atoms with Crippen molar-refractivity contribution >= 4 is 21.3 Å². The Bertz CT molecular complexity index is 925. The third-order valence-corrected chi connectivity index (χ3v) is 7.67. The maximum absolute atomic E-state index is 12.2. The molecule has 3 rings (SSSR count). The SMILES string of the molecule is CCS(=O)(=O)N1CCC(C(C)c2c(C)c(C(C)=O)n3ccncc23)CC1. The fourth-order valence-electron chi connectivity index (χ4n) is 4.34. The van der Waals surface area contributed by atoms with E-state index in [0.29, 0.717) is 19.0 Å². The minimum absolute atomic E-state index is 0.0472. The Labute approximate surface area is 155 Å². The predicted molar refractivity (Wildman–Crippen MR) is 102 cm³/mol. The second kappa shape index (κ2) is 7.12. The van der Waals surface area contributed by atoms with Crippen LogP contribution in [0.15, 0.2) is 18.6 Å². The molecule has 1 atom stereocenters. The number of ketones is 1. The van der Waals surface area contributed by atoms with Crippen molar-refractivity contribution in [3.05, 3.63) is 35.4 Å². The van der Waals surface area contributed by atoms with Crippen LogP contribution in [0.5, 0.6) is 0 Å². The van der Waals surface area contributed by atoms with E-state index in [2.05, 4.69) is 11.9 Å². The summed E-state index contributed by atoms with van der Waals surface area (Å²) in [5.41, 5.74) is 3.88. The molecule has 0 amide bonds. The van der Waals surface area contributed by atoms with Gasteiger partial charge in [0.25, 0.3) is 0 Å². The number of carbonyl (C=O) groups is 1. The van der Waals surface area contributed by atoms with E-state index in [1.54, 1.807) is 24.3 Å². The van der Waals surface area contributed by atoms with Crippen LogP contribution >= 0.6 is 0 Å². The van der Waals surface area contributed by atoms with Crippen LogP contribution in [-0.2, 0) is 10.0 Å². The first-order chi connectivity index (χ1) is 12.3. The minimum atomic E-state index is -3.11. The number of nitrogens with zero attached hydrogens (tertiary/aromatic N) is 3. The molecule has 3 heterocycles. The highest BCUT2D eigenvalue weighted by atomic mass is 32.2. The Balaban J connectivity index is 1.91. The van der Waals surface area contributed by atoms with Crippen LogP contribution in [0, 0.1) is 12.8 Å². The summed E-state index contributed by atoms with van der Waals surface area (Å²) in [5, 5.41) is 0. The summed E-state index contributed by atoms with van der Waals surface area (Å²) < 4.78 is 27.7. The zero-order valence-corrected chi connectivity index (χ0v) is 16.7. The van der Waals surface area contributed by atoms with Crippen molar-refractivity contribution in [2.24, 2.45) is 5.92 Å². The zero-order chi connectivity index (χ0) is 19.1. The molecule has 0 radical (unpaired) electrons. The zero-order valence-electron chi connectivity index (χ0n) is 15.9. The number of hydrogen-bond acceptors (Lipinski definition) is 4. The molecule has 0 bridgehead atoms. The number of rotatable bonds is 5. The van der Waals surface area contributed by atoms with Gasteiger partial charge in [0, 0.05) is 32.4 Å². The lowest BCUT2D eigenvalue weighted by molar-refractivity contribution is 0.101. The van der Waals surface area contributed by atoms with Gasteiger partial charge in [0.05, 0.1) is 23.2 Å².